The summed E-state index contributed by atoms with van der Waals surface area (Å²) in [6.07, 6.45) is 10.8. The molecule has 3 aromatic rings. The van der Waals surface area contributed by atoms with E-state index in [4.69, 9.17) is 14.5 Å². The summed E-state index contributed by atoms with van der Waals surface area (Å²) in [4.78, 5) is 65.2. The van der Waals surface area contributed by atoms with Crippen molar-refractivity contribution < 1.29 is 37.1 Å². The maximum atomic E-state index is 14.8. The Bertz CT molecular complexity index is 2140. The Morgan fingerprint density at radius 2 is 1.71 bits per heavy atom. The monoisotopic (exact) mass is 813 g/mol. The van der Waals surface area contributed by atoms with Gasteiger partial charge in [-0.1, -0.05) is 55.3 Å². The lowest BCUT2D eigenvalue weighted by Gasteiger charge is -2.33. The Hall–Kier alpha value is -4.98. The number of hydrogen-bond acceptors (Lipinski definition) is 9. The molecular formula is C44H55N5O8S. The highest BCUT2D eigenvalue weighted by Gasteiger charge is 2.47. The van der Waals surface area contributed by atoms with Crippen LogP contribution in [0.5, 0.6) is 11.5 Å². The number of piperidine rings is 1. The molecule has 4 atom stereocenters. The van der Waals surface area contributed by atoms with Crippen molar-refractivity contribution in [1.82, 2.24) is 24.8 Å². The topological polar surface area (TPSA) is 164 Å². The second kappa shape index (κ2) is 17.9. The Morgan fingerprint density at radius 3 is 2.45 bits per heavy atom. The Balaban J connectivity index is 1.22. The summed E-state index contributed by atoms with van der Waals surface area (Å²) < 4.78 is 40.3. The molecule has 7 rings (SSSR count). The van der Waals surface area contributed by atoms with E-state index in [-0.39, 0.29) is 37.6 Å². The number of methoxy groups -OCH3 is 1. The van der Waals surface area contributed by atoms with Gasteiger partial charge in [-0.05, 0) is 76.8 Å². The van der Waals surface area contributed by atoms with E-state index in [1.807, 2.05) is 65.6 Å². The minimum Gasteiger partial charge on any atom is -0.497 e. The fourth-order valence-electron chi connectivity index (χ4n) is 8.27. The second-order valence-electron chi connectivity index (χ2n) is 16.4. The van der Waals surface area contributed by atoms with E-state index in [0.29, 0.717) is 61.5 Å². The predicted octanol–water partition coefficient (Wildman–Crippen LogP) is 5.67. The lowest BCUT2D eigenvalue weighted by molar-refractivity contribution is -0.146. The van der Waals surface area contributed by atoms with Crippen molar-refractivity contribution in [3.63, 3.8) is 0 Å². The molecule has 0 radical (unpaired) electrons. The van der Waals surface area contributed by atoms with Gasteiger partial charge < -0.3 is 24.6 Å². The van der Waals surface area contributed by atoms with Crippen LogP contribution in [0.25, 0.3) is 22.2 Å². The van der Waals surface area contributed by atoms with Gasteiger partial charge in [-0.3, -0.25) is 23.9 Å². The first-order valence-corrected chi connectivity index (χ1v) is 22.3. The number of benzene rings is 2. The van der Waals surface area contributed by atoms with Crippen molar-refractivity contribution in [2.45, 2.75) is 113 Å². The average Bonchev–Trinajstić information content (AvgIpc) is 4.02. The van der Waals surface area contributed by atoms with E-state index in [0.717, 1.165) is 49.5 Å². The zero-order valence-electron chi connectivity index (χ0n) is 33.5. The van der Waals surface area contributed by atoms with Crippen molar-refractivity contribution in [3.05, 3.63) is 66.7 Å². The van der Waals surface area contributed by atoms with Crippen LogP contribution in [0.4, 0.5) is 0 Å². The maximum Gasteiger partial charge on any atom is 0.259 e. The van der Waals surface area contributed by atoms with Crippen LogP contribution in [0.15, 0.2) is 66.7 Å². The standard InChI is InChI=1S/C44H55N5O8S/c1-44(43(53)47-58(54,55)34-19-20-34)22-12-6-4-3-5-9-17-31(25-40(50)48-23-13-8-14-24-48)42(52)49-29-33(27-38(49)41(51)46-44)57-39-28-36(30-15-10-7-11-16-30)45-37-26-32(56-2)18-21-35(37)39/h6-7,10-12,15-16,18,21,26,28,31,33-34,38H,3-5,8-9,13-14,17,19-20,22-25,27,29H2,1-2H3,(H,46,51)(H,47,53)/t31-,33-,38+,44-/m1/s1. The molecular weight excluding hydrogens is 759 g/mol. The predicted molar refractivity (Wildman–Crippen MR) is 220 cm³/mol. The summed E-state index contributed by atoms with van der Waals surface area (Å²) in [5.74, 6) is -1.30. The molecule has 14 heteroatoms. The molecule has 4 aliphatic rings. The van der Waals surface area contributed by atoms with Crippen molar-refractivity contribution >= 4 is 44.6 Å². The Labute approximate surface area is 341 Å². The lowest BCUT2D eigenvalue weighted by atomic mass is 9.94. The number of amides is 4. The quantitative estimate of drug-likeness (QED) is 0.259. The highest BCUT2D eigenvalue weighted by molar-refractivity contribution is 7.91. The van der Waals surface area contributed by atoms with Crippen molar-refractivity contribution in [2.24, 2.45) is 5.92 Å². The lowest BCUT2D eigenvalue weighted by Crippen LogP contribution is -2.61. The number of nitrogens with one attached hydrogen (secondary N) is 2. The van der Waals surface area contributed by atoms with Crippen LogP contribution in [0.1, 0.15) is 90.4 Å². The molecule has 58 heavy (non-hydrogen) atoms. The zero-order valence-corrected chi connectivity index (χ0v) is 34.3. The fourth-order valence-corrected chi connectivity index (χ4v) is 9.68. The fraction of sp³-hybridized carbons (Fsp3) is 0.523. The molecule has 13 nitrogen and oxygen atoms in total. The third-order valence-corrected chi connectivity index (χ3v) is 13.7. The Kier molecular flexibility index (Phi) is 12.7. The molecule has 0 unspecified atom stereocenters. The summed E-state index contributed by atoms with van der Waals surface area (Å²) in [7, 11) is -2.32. The number of hydrogen-bond donors (Lipinski definition) is 2. The van der Waals surface area contributed by atoms with Gasteiger partial charge in [0.1, 0.15) is 29.2 Å². The second-order valence-corrected chi connectivity index (χ2v) is 18.4. The van der Waals surface area contributed by atoms with E-state index in [1.165, 1.54) is 11.8 Å². The van der Waals surface area contributed by atoms with Crippen molar-refractivity contribution in [3.8, 4) is 22.8 Å². The van der Waals surface area contributed by atoms with E-state index in [2.05, 4.69) is 10.0 Å². The molecule has 1 aliphatic carbocycles. The van der Waals surface area contributed by atoms with Crippen LogP contribution in [0.2, 0.25) is 0 Å². The van der Waals surface area contributed by atoms with E-state index in [9.17, 15) is 27.6 Å². The number of rotatable bonds is 9. The minimum atomic E-state index is -3.91. The number of nitrogens with zero attached hydrogens (tertiary/aromatic N) is 3. The van der Waals surface area contributed by atoms with Crippen LogP contribution in [-0.2, 0) is 29.2 Å². The van der Waals surface area contributed by atoms with Gasteiger partial charge in [0.2, 0.25) is 27.7 Å². The third kappa shape index (κ3) is 9.65. The smallest absolute Gasteiger partial charge is 0.259 e. The number of sulfonamides is 1. The minimum absolute atomic E-state index is 0.0471. The van der Waals surface area contributed by atoms with Gasteiger partial charge in [-0.15, -0.1) is 0 Å². The van der Waals surface area contributed by atoms with Gasteiger partial charge in [0.15, 0.2) is 0 Å². The number of likely N-dealkylation sites (tertiary alicyclic amines) is 1. The molecule has 310 valence electrons. The SMILES string of the molecule is COc1ccc2c(O[C@@H]3C[C@H]4C(=O)N[C@@](C)(C(=O)NS(=O)(=O)C5CC5)CC=CCCCCC[C@H](CC(=O)N5CCCCC5)C(=O)N4C3)cc(-c3ccccc3)nc2c1. The normalized spacial score (nSPS) is 25.0. The molecule has 4 heterocycles. The first kappa shape index (κ1) is 41.2. The van der Waals surface area contributed by atoms with Gasteiger partial charge in [0, 0.05) is 54.9 Å². The molecule has 4 amide bonds. The van der Waals surface area contributed by atoms with Crippen LogP contribution in [0.3, 0.4) is 0 Å². The highest BCUT2D eigenvalue weighted by atomic mass is 32.2. The summed E-state index contributed by atoms with van der Waals surface area (Å²) in [5, 5.41) is 2.97. The summed E-state index contributed by atoms with van der Waals surface area (Å²) >= 11 is 0. The van der Waals surface area contributed by atoms with E-state index in [1.54, 1.807) is 13.2 Å². The summed E-state index contributed by atoms with van der Waals surface area (Å²) in [5.41, 5.74) is 0.551. The number of pyridine rings is 1. The molecule has 1 aromatic heterocycles. The van der Waals surface area contributed by atoms with E-state index >= 15 is 0 Å². The van der Waals surface area contributed by atoms with Gasteiger partial charge >= 0.3 is 0 Å². The maximum absolute atomic E-state index is 14.8. The summed E-state index contributed by atoms with van der Waals surface area (Å²) in [6.45, 7) is 2.92. The number of allylic oxidation sites excluding steroid dienone is 1. The largest absolute Gasteiger partial charge is 0.497 e. The van der Waals surface area contributed by atoms with Gasteiger partial charge in [0.25, 0.3) is 5.91 Å². The zero-order chi connectivity index (χ0) is 40.9. The molecule has 2 saturated heterocycles. The molecule has 3 aliphatic heterocycles. The molecule has 0 bridgehead atoms. The van der Waals surface area contributed by atoms with Gasteiger partial charge in [-0.2, -0.15) is 0 Å². The van der Waals surface area contributed by atoms with Crippen LogP contribution in [-0.4, -0.2) is 96.5 Å². The van der Waals surface area contributed by atoms with Crippen molar-refractivity contribution in [2.75, 3.05) is 26.7 Å². The summed E-state index contributed by atoms with van der Waals surface area (Å²) in [6, 6.07) is 16.0. The van der Waals surface area contributed by atoms with Crippen LogP contribution >= 0.6 is 0 Å². The molecule has 1 saturated carbocycles. The molecule has 3 fully saturated rings. The average molecular weight is 814 g/mol. The number of carbonyl (C=O) groups is 4. The van der Waals surface area contributed by atoms with Gasteiger partial charge in [-0.25, -0.2) is 13.4 Å². The van der Waals surface area contributed by atoms with Crippen LogP contribution < -0.4 is 19.5 Å². The first-order valence-electron chi connectivity index (χ1n) is 20.8. The highest BCUT2D eigenvalue weighted by Crippen LogP contribution is 2.36. The van der Waals surface area contributed by atoms with Gasteiger partial charge in [0.05, 0.1) is 30.1 Å². The third-order valence-electron chi connectivity index (χ3n) is 11.9. The molecule has 0 spiro atoms. The first-order chi connectivity index (χ1) is 27.9. The molecule has 2 N–H and O–H groups in total. The number of aromatic nitrogens is 1. The number of fused-ring (bicyclic) bond motifs is 2. The molecule has 2 aromatic carbocycles. The van der Waals surface area contributed by atoms with Crippen LogP contribution in [0, 0.1) is 5.92 Å². The number of carbonyl (C=O) groups excluding carboxylic acids is 4. The van der Waals surface area contributed by atoms with E-state index < -0.39 is 50.7 Å². The van der Waals surface area contributed by atoms with Crippen molar-refractivity contribution in [1.29, 1.82) is 0 Å². The Morgan fingerprint density at radius 1 is 0.948 bits per heavy atom. The number of ether oxygens (including phenoxy) is 2.